The van der Waals surface area contributed by atoms with Gasteiger partial charge in [0, 0.05) is 4.90 Å². The fourth-order valence-electron chi connectivity index (χ4n) is 1.01. The molecule has 1 aromatic heterocycles. The Labute approximate surface area is 88.4 Å². The average molecular weight is 224 g/mol. The maximum absolute atomic E-state index is 11.9. The van der Waals surface area contributed by atoms with Crippen molar-refractivity contribution >= 4 is 22.3 Å². The van der Waals surface area contributed by atoms with Crippen molar-refractivity contribution in [1.29, 1.82) is 0 Å². The van der Waals surface area contributed by atoms with Gasteiger partial charge < -0.3 is 0 Å². The molecule has 2 aromatic rings. The highest BCUT2D eigenvalue weighted by Crippen LogP contribution is 2.14. The van der Waals surface area contributed by atoms with Crippen LogP contribution in [0.25, 0.3) is 0 Å². The minimum atomic E-state index is -1.24. The third-order valence-electron chi connectivity index (χ3n) is 1.63. The van der Waals surface area contributed by atoms with E-state index in [9.17, 15) is 4.21 Å². The lowest BCUT2D eigenvalue weighted by molar-refractivity contribution is 0.677. The Morgan fingerprint density at radius 3 is 2.57 bits per heavy atom. The van der Waals surface area contributed by atoms with Gasteiger partial charge in [-0.1, -0.05) is 18.2 Å². The molecule has 1 aromatic carbocycles. The van der Waals surface area contributed by atoms with Gasteiger partial charge >= 0.3 is 0 Å². The summed E-state index contributed by atoms with van der Waals surface area (Å²) in [7, 11) is -1.24. The molecule has 1 heterocycles. The van der Waals surface area contributed by atoms with Gasteiger partial charge in [-0.15, -0.1) is 0 Å². The number of rotatable bonds is 2. The Morgan fingerprint density at radius 2 is 2.00 bits per heavy atom. The average Bonchev–Trinajstić information content (AvgIpc) is 2.65. The molecule has 0 aliphatic rings. The van der Waals surface area contributed by atoms with Crippen LogP contribution < -0.4 is 0 Å². The molecule has 0 radical (unpaired) electrons. The number of hydrogen-bond acceptors (Lipinski definition) is 4. The van der Waals surface area contributed by atoms with Gasteiger partial charge in [-0.05, 0) is 30.6 Å². The molecular formula is C9H8N2OS2. The normalized spacial score (nSPS) is 12.6. The van der Waals surface area contributed by atoms with Crippen molar-refractivity contribution in [2.24, 2.45) is 0 Å². The summed E-state index contributed by atoms with van der Waals surface area (Å²) in [6, 6.07) is 9.22. The second-order valence-electron chi connectivity index (χ2n) is 2.68. The van der Waals surface area contributed by atoms with Crippen LogP contribution in [-0.4, -0.2) is 13.6 Å². The zero-order chi connectivity index (χ0) is 9.97. The summed E-state index contributed by atoms with van der Waals surface area (Å²) in [4.78, 5) is 4.84. The molecule has 0 spiro atoms. The summed E-state index contributed by atoms with van der Waals surface area (Å²) < 4.78 is 15.9. The van der Waals surface area contributed by atoms with E-state index in [1.54, 1.807) is 0 Å². The van der Waals surface area contributed by atoms with Gasteiger partial charge in [-0.2, -0.15) is 4.37 Å². The number of benzene rings is 1. The fourth-order valence-corrected chi connectivity index (χ4v) is 2.66. The Balaban J connectivity index is 2.34. The lowest BCUT2D eigenvalue weighted by atomic mass is 10.4. The molecule has 3 nitrogen and oxygen atoms in total. The van der Waals surface area contributed by atoms with Gasteiger partial charge in [0.25, 0.3) is 0 Å². The van der Waals surface area contributed by atoms with Crippen molar-refractivity contribution in [3.8, 4) is 0 Å². The zero-order valence-electron chi connectivity index (χ0n) is 7.51. The number of aryl methyl sites for hydroxylation is 1. The molecule has 0 amide bonds. The van der Waals surface area contributed by atoms with E-state index in [0.29, 0.717) is 5.16 Å². The minimum absolute atomic E-state index is 0.402. The van der Waals surface area contributed by atoms with Gasteiger partial charge in [0.1, 0.15) is 15.8 Å². The smallest absolute Gasteiger partial charge is 0.235 e. The summed E-state index contributed by atoms with van der Waals surface area (Å²) in [5, 5.41) is 1.24. The molecule has 0 saturated carbocycles. The van der Waals surface area contributed by atoms with Crippen molar-refractivity contribution in [1.82, 2.24) is 9.36 Å². The zero-order valence-corrected chi connectivity index (χ0v) is 9.14. The van der Waals surface area contributed by atoms with Crippen LogP contribution >= 0.6 is 11.5 Å². The molecule has 0 saturated heterocycles. The van der Waals surface area contributed by atoms with Crippen molar-refractivity contribution in [2.45, 2.75) is 17.0 Å². The van der Waals surface area contributed by atoms with E-state index >= 15 is 0 Å². The molecule has 5 heteroatoms. The number of aromatic nitrogens is 2. The minimum Gasteiger partial charge on any atom is -0.246 e. The van der Waals surface area contributed by atoms with Crippen molar-refractivity contribution in [3.05, 3.63) is 35.3 Å². The van der Waals surface area contributed by atoms with Crippen LogP contribution in [0.3, 0.4) is 0 Å². The van der Waals surface area contributed by atoms with E-state index in [1.165, 1.54) is 11.5 Å². The highest BCUT2D eigenvalue weighted by molar-refractivity contribution is 7.85. The Bertz CT molecular complexity index is 453. The Hall–Kier alpha value is -1.07. The van der Waals surface area contributed by atoms with Crippen LogP contribution in [0.5, 0.6) is 0 Å². The van der Waals surface area contributed by atoms with E-state index in [-0.39, 0.29) is 0 Å². The number of nitrogens with zero attached hydrogens (tertiary/aromatic N) is 2. The molecular weight excluding hydrogens is 216 g/mol. The highest BCUT2D eigenvalue weighted by Gasteiger charge is 2.11. The molecule has 0 aliphatic carbocycles. The second kappa shape index (κ2) is 3.98. The Kier molecular flexibility index (Phi) is 2.69. The lowest BCUT2D eigenvalue weighted by Crippen LogP contribution is -1.94. The maximum Gasteiger partial charge on any atom is 0.235 e. The van der Waals surface area contributed by atoms with Crippen LogP contribution in [0.2, 0.25) is 0 Å². The van der Waals surface area contributed by atoms with E-state index in [2.05, 4.69) is 9.36 Å². The molecule has 0 bridgehead atoms. The molecule has 0 N–H and O–H groups in total. The molecule has 14 heavy (non-hydrogen) atoms. The highest BCUT2D eigenvalue weighted by atomic mass is 32.2. The summed E-state index contributed by atoms with van der Waals surface area (Å²) in [6.45, 7) is 1.85. The largest absolute Gasteiger partial charge is 0.246 e. The third kappa shape index (κ3) is 1.88. The molecule has 1 atom stereocenters. The molecule has 72 valence electrons. The summed E-state index contributed by atoms with van der Waals surface area (Å²) in [6.07, 6.45) is 0. The van der Waals surface area contributed by atoms with Crippen molar-refractivity contribution < 1.29 is 4.21 Å². The van der Waals surface area contributed by atoms with E-state index in [0.717, 1.165) is 9.90 Å². The van der Waals surface area contributed by atoms with Crippen LogP contribution in [-0.2, 0) is 10.8 Å². The van der Waals surface area contributed by atoms with Gasteiger partial charge in [0.15, 0.2) is 0 Å². The Morgan fingerprint density at radius 1 is 1.29 bits per heavy atom. The summed E-state index contributed by atoms with van der Waals surface area (Å²) >= 11 is 1.27. The standard InChI is InChI=1S/C9H8N2OS2/c1-7-10-9(11-13-7)14(12)8-5-3-2-4-6-8/h2-6H,1H3. The van der Waals surface area contributed by atoms with Gasteiger partial charge in [-0.25, -0.2) is 9.19 Å². The van der Waals surface area contributed by atoms with Crippen LogP contribution in [0.4, 0.5) is 0 Å². The van der Waals surface area contributed by atoms with E-state index in [1.807, 2.05) is 37.3 Å². The predicted molar refractivity (Wildman–Crippen MR) is 55.8 cm³/mol. The molecule has 1 unspecified atom stereocenters. The topological polar surface area (TPSA) is 42.9 Å². The van der Waals surface area contributed by atoms with Crippen molar-refractivity contribution in [2.75, 3.05) is 0 Å². The molecule has 2 rings (SSSR count). The fraction of sp³-hybridized carbons (Fsp3) is 0.111. The van der Waals surface area contributed by atoms with E-state index in [4.69, 9.17) is 0 Å². The predicted octanol–water partition coefficient (Wildman–Crippen LogP) is 2.01. The second-order valence-corrected chi connectivity index (χ2v) is 5.01. The lowest BCUT2D eigenvalue weighted by Gasteiger charge is -1.95. The summed E-state index contributed by atoms with van der Waals surface area (Å²) in [5.74, 6) is 0. The molecule has 0 fully saturated rings. The van der Waals surface area contributed by atoms with Crippen LogP contribution in [0.1, 0.15) is 5.01 Å². The van der Waals surface area contributed by atoms with Gasteiger partial charge in [-0.3, -0.25) is 0 Å². The van der Waals surface area contributed by atoms with Crippen molar-refractivity contribution in [3.63, 3.8) is 0 Å². The quantitative estimate of drug-likeness (QED) is 0.783. The SMILES string of the molecule is Cc1nc(S(=O)c2ccccc2)ns1. The first-order valence-corrected chi connectivity index (χ1v) is 5.97. The van der Waals surface area contributed by atoms with Gasteiger partial charge in [0.05, 0.1) is 0 Å². The monoisotopic (exact) mass is 224 g/mol. The van der Waals surface area contributed by atoms with Crippen LogP contribution in [0.15, 0.2) is 40.4 Å². The number of hydrogen-bond donors (Lipinski definition) is 0. The first-order valence-electron chi connectivity index (χ1n) is 4.04. The first kappa shape index (κ1) is 9.48. The maximum atomic E-state index is 11.9. The molecule has 0 aliphatic heterocycles. The van der Waals surface area contributed by atoms with E-state index < -0.39 is 10.8 Å². The van der Waals surface area contributed by atoms with Gasteiger partial charge in [0.2, 0.25) is 5.16 Å². The third-order valence-corrected chi connectivity index (χ3v) is 3.58. The summed E-state index contributed by atoms with van der Waals surface area (Å²) in [5.41, 5.74) is 0. The first-order chi connectivity index (χ1) is 6.77. The van der Waals surface area contributed by atoms with Crippen LogP contribution in [0, 0.1) is 6.92 Å².